The van der Waals surface area contributed by atoms with Crippen molar-refractivity contribution in [3.8, 4) is 0 Å². The van der Waals surface area contributed by atoms with Crippen molar-refractivity contribution in [2.45, 2.75) is 26.3 Å². The summed E-state index contributed by atoms with van der Waals surface area (Å²) in [5, 5.41) is 4.24. The first-order valence-electron chi connectivity index (χ1n) is 6.03. The first kappa shape index (κ1) is 11.7. The number of halogens is 1. The molecule has 2 rings (SSSR count). The van der Waals surface area contributed by atoms with E-state index in [1.165, 1.54) is 17.7 Å². The van der Waals surface area contributed by atoms with Gasteiger partial charge in [0.15, 0.2) is 0 Å². The molecule has 0 spiro atoms. The van der Waals surface area contributed by atoms with Gasteiger partial charge in [0.05, 0.1) is 0 Å². The van der Waals surface area contributed by atoms with E-state index >= 15 is 0 Å². The Morgan fingerprint density at radius 2 is 2.12 bits per heavy atom. The Hall–Kier alpha value is -0.730. The summed E-state index contributed by atoms with van der Waals surface area (Å²) in [6, 6.07) is 6.73. The fourth-order valence-corrected chi connectivity index (χ4v) is 2.69. The van der Waals surface area contributed by atoms with E-state index in [1.54, 1.807) is 0 Å². The monoisotopic (exact) mass is 238 g/mol. The molecule has 2 nitrogen and oxygen atoms in total. The van der Waals surface area contributed by atoms with Crippen molar-refractivity contribution in [3.63, 3.8) is 0 Å². The van der Waals surface area contributed by atoms with Crippen LogP contribution < -0.4 is 5.32 Å². The number of hydrogen-bond donors (Lipinski definition) is 1. The van der Waals surface area contributed by atoms with Crippen LogP contribution in [0, 0.1) is 0 Å². The van der Waals surface area contributed by atoms with Crippen LogP contribution in [-0.4, -0.2) is 24.5 Å². The van der Waals surface area contributed by atoms with Crippen molar-refractivity contribution < 1.29 is 0 Å². The van der Waals surface area contributed by atoms with E-state index in [0.29, 0.717) is 6.04 Å². The summed E-state index contributed by atoms with van der Waals surface area (Å²) in [5.74, 6) is 0. The first-order chi connectivity index (χ1) is 7.76. The summed E-state index contributed by atoms with van der Waals surface area (Å²) in [6.07, 6.45) is 1.18. The van der Waals surface area contributed by atoms with E-state index in [1.807, 2.05) is 12.1 Å². The topological polar surface area (TPSA) is 15.3 Å². The van der Waals surface area contributed by atoms with Crippen molar-refractivity contribution in [3.05, 3.63) is 28.8 Å². The molecule has 0 aliphatic carbocycles. The highest BCUT2D eigenvalue weighted by atomic mass is 35.5. The second-order valence-corrected chi connectivity index (χ2v) is 4.62. The van der Waals surface area contributed by atoms with Gasteiger partial charge in [-0.15, -0.1) is 0 Å². The second-order valence-electron chi connectivity index (χ2n) is 4.18. The molecule has 3 heteroatoms. The van der Waals surface area contributed by atoms with Crippen LogP contribution in [0.1, 0.15) is 31.9 Å². The number of benzene rings is 1. The summed E-state index contributed by atoms with van der Waals surface area (Å²) >= 11 is 6.02. The minimum absolute atomic E-state index is 0.545. The van der Waals surface area contributed by atoms with E-state index in [4.69, 9.17) is 11.6 Å². The Morgan fingerprint density at radius 1 is 1.38 bits per heavy atom. The maximum atomic E-state index is 6.02. The Kier molecular flexibility index (Phi) is 3.72. The van der Waals surface area contributed by atoms with Gasteiger partial charge in [-0.3, -0.25) is 4.90 Å². The summed E-state index contributed by atoms with van der Waals surface area (Å²) in [6.45, 7) is 7.68. The molecule has 1 N–H and O–H groups in total. The van der Waals surface area contributed by atoms with Crippen LogP contribution >= 0.6 is 11.6 Å². The lowest BCUT2D eigenvalue weighted by Crippen LogP contribution is -2.32. The first-order valence-corrected chi connectivity index (χ1v) is 6.41. The quantitative estimate of drug-likeness (QED) is 0.867. The number of nitrogens with one attached hydrogen (secondary N) is 1. The second kappa shape index (κ2) is 5.07. The van der Waals surface area contributed by atoms with Gasteiger partial charge in [0, 0.05) is 23.3 Å². The Morgan fingerprint density at radius 3 is 2.81 bits per heavy atom. The van der Waals surface area contributed by atoms with E-state index in [0.717, 1.165) is 24.7 Å². The van der Waals surface area contributed by atoms with Crippen molar-refractivity contribution in [2.24, 2.45) is 0 Å². The molecule has 1 aliphatic rings. The van der Waals surface area contributed by atoms with E-state index in [9.17, 15) is 0 Å². The number of hydrogen-bond acceptors (Lipinski definition) is 2. The van der Waals surface area contributed by atoms with Crippen LogP contribution in [0.5, 0.6) is 0 Å². The van der Waals surface area contributed by atoms with Crippen molar-refractivity contribution in [2.75, 3.05) is 25.0 Å². The highest BCUT2D eigenvalue weighted by Crippen LogP contribution is 2.35. The Bertz CT molecular complexity index is 361. The predicted octanol–water partition coefficient (Wildman–Crippen LogP) is 3.54. The molecule has 16 heavy (non-hydrogen) atoms. The zero-order valence-electron chi connectivity index (χ0n) is 9.96. The summed E-state index contributed by atoms with van der Waals surface area (Å²) in [7, 11) is 0. The Labute approximate surface area is 103 Å². The number of fused-ring (bicyclic) bond motifs is 1. The van der Waals surface area contributed by atoms with Crippen molar-refractivity contribution in [1.29, 1.82) is 0 Å². The van der Waals surface area contributed by atoms with Crippen LogP contribution in [0.2, 0.25) is 5.02 Å². The lowest BCUT2D eigenvalue weighted by molar-refractivity contribution is 0.209. The molecule has 1 aromatic rings. The van der Waals surface area contributed by atoms with Gasteiger partial charge in [-0.2, -0.15) is 0 Å². The predicted molar refractivity (Wildman–Crippen MR) is 70.2 cm³/mol. The molecule has 1 atom stereocenters. The highest BCUT2D eigenvalue weighted by molar-refractivity contribution is 6.30. The zero-order valence-corrected chi connectivity index (χ0v) is 10.7. The average molecular weight is 239 g/mol. The molecule has 0 amide bonds. The van der Waals surface area contributed by atoms with Gasteiger partial charge in [0.25, 0.3) is 0 Å². The van der Waals surface area contributed by atoms with E-state index < -0.39 is 0 Å². The van der Waals surface area contributed by atoms with Gasteiger partial charge in [0.2, 0.25) is 0 Å². The van der Waals surface area contributed by atoms with E-state index in [-0.39, 0.29) is 0 Å². The fourth-order valence-electron chi connectivity index (χ4n) is 2.51. The minimum atomic E-state index is 0.545. The van der Waals surface area contributed by atoms with Gasteiger partial charge in [-0.25, -0.2) is 0 Å². The molecule has 0 fully saturated rings. The molecule has 0 radical (unpaired) electrons. The van der Waals surface area contributed by atoms with Crippen LogP contribution in [0.4, 0.5) is 5.69 Å². The summed E-state index contributed by atoms with van der Waals surface area (Å²) in [5.41, 5.74) is 2.59. The van der Waals surface area contributed by atoms with Gasteiger partial charge in [-0.1, -0.05) is 31.5 Å². The van der Waals surface area contributed by atoms with Crippen molar-refractivity contribution in [1.82, 2.24) is 4.90 Å². The molecule has 1 unspecified atom stereocenters. The van der Waals surface area contributed by atoms with Crippen LogP contribution in [0.25, 0.3) is 0 Å². The third kappa shape index (κ3) is 2.18. The fraction of sp³-hybridized carbons (Fsp3) is 0.538. The van der Waals surface area contributed by atoms with Gasteiger partial charge >= 0.3 is 0 Å². The molecule has 1 heterocycles. The molecule has 0 saturated carbocycles. The molecular weight excluding hydrogens is 220 g/mol. The normalized spacial score (nSPS) is 19.4. The third-order valence-electron chi connectivity index (χ3n) is 3.36. The lowest BCUT2D eigenvalue weighted by atomic mass is 9.96. The van der Waals surface area contributed by atoms with Crippen LogP contribution in [0.15, 0.2) is 18.2 Å². The van der Waals surface area contributed by atoms with E-state index in [2.05, 4.69) is 30.1 Å². The Balaban J connectivity index is 2.32. The van der Waals surface area contributed by atoms with Crippen LogP contribution in [-0.2, 0) is 0 Å². The minimum Gasteiger partial charge on any atom is -0.385 e. The molecule has 0 aromatic heterocycles. The van der Waals surface area contributed by atoms with Crippen LogP contribution in [0.3, 0.4) is 0 Å². The van der Waals surface area contributed by atoms with Gasteiger partial charge in [-0.05, 0) is 37.2 Å². The SMILES string of the molecule is CCN(CC)C1CCNc2cc(Cl)ccc21. The number of nitrogens with zero attached hydrogens (tertiary/aromatic N) is 1. The molecule has 0 saturated heterocycles. The zero-order chi connectivity index (χ0) is 11.5. The van der Waals surface area contributed by atoms with Gasteiger partial charge < -0.3 is 5.32 Å². The molecule has 88 valence electrons. The largest absolute Gasteiger partial charge is 0.385 e. The smallest absolute Gasteiger partial charge is 0.0426 e. The summed E-state index contributed by atoms with van der Waals surface area (Å²) < 4.78 is 0. The third-order valence-corrected chi connectivity index (χ3v) is 3.60. The molecular formula is C13H19ClN2. The standard InChI is InChI=1S/C13H19ClN2/c1-3-16(4-2)13-7-8-15-12-9-10(14)5-6-11(12)13/h5-6,9,13,15H,3-4,7-8H2,1-2H3. The summed E-state index contributed by atoms with van der Waals surface area (Å²) in [4.78, 5) is 2.51. The van der Waals surface area contributed by atoms with Gasteiger partial charge in [0.1, 0.15) is 0 Å². The maximum Gasteiger partial charge on any atom is 0.0426 e. The number of anilines is 1. The molecule has 1 aliphatic heterocycles. The molecule has 1 aromatic carbocycles. The number of rotatable bonds is 3. The maximum absolute atomic E-state index is 6.02. The lowest BCUT2D eigenvalue weighted by Gasteiger charge is -2.35. The van der Waals surface area contributed by atoms with Crippen molar-refractivity contribution >= 4 is 17.3 Å². The highest BCUT2D eigenvalue weighted by Gasteiger charge is 2.23. The molecule has 0 bridgehead atoms. The average Bonchev–Trinajstić information content (AvgIpc) is 2.30.